The van der Waals surface area contributed by atoms with E-state index in [9.17, 15) is 14.3 Å². The molecule has 1 aliphatic rings. The minimum Gasteiger partial charge on any atom is -0.484 e. The number of halogens is 2. The molecule has 10 nitrogen and oxygen atoms in total. The number of pyridine rings is 1. The van der Waals surface area contributed by atoms with Gasteiger partial charge in [0.2, 0.25) is 5.88 Å². The highest BCUT2D eigenvalue weighted by Gasteiger charge is 2.24. The van der Waals surface area contributed by atoms with Crippen molar-refractivity contribution in [2.75, 3.05) is 13.1 Å². The largest absolute Gasteiger partial charge is 0.484 e. The monoisotopic (exact) mass is 632 g/mol. The van der Waals surface area contributed by atoms with Gasteiger partial charge in [0.1, 0.15) is 18.5 Å². The fourth-order valence-corrected chi connectivity index (χ4v) is 5.79. The van der Waals surface area contributed by atoms with Gasteiger partial charge in [0.05, 0.1) is 48.3 Å². The lowest BCUT2D eigenvalue weighted by atomic mass is 10.1. The molecule has 0 spiro atoms. The number of benzene rings is 2. The van der Waals surface area contributed by atoms with E-state index in [1.807, 2.05) is 48.9 Å². The van der Waals surface area contributed by atoms with E-state index in [1.54, 1.807) is 6.07 Å². The smallest absolute Gasteiger partial charge is 0.307 e. The number of ether oxygens (including phenoxy) is 2. The number of carboxylic acid groups (broad SMARTS) is 1. The highest BCUT2D eigenvalue weighted by molar-refractivity contribution is 6.30. The molecule has 4 heterocycles. The summed E-state index contributed by atoms with van der Waals surface area (Å²) in [5.41, 5.74) is 4.20. The SMILES string of the molecule is CCn1cncc1Cn1c(CN2CCC(Oc3cccc(COc4ccc(Cl)cc4F)n3)CC2)nc2ccc(CC(=O)O)cc21. The van der Waals surface area contributed by atoms with Gasteiger partial charge in [-0.25, -0.2) is 19.3 Å². The average Bonchev–Trinajstić information content (AvgIpc) is 3.61. The second-order valence-electron chi connectivity index (χ2n) is 11.1. The van der Waals surface area contributed by atoms with E-state index in [0.717, 1.165) is 60.6 Å². The molecule has 0 saturated carbocycles. The first-order valence-electron chi connectivity index (χ1n) is 15.0. The number of carbonyl (C=O) groups is 1. The molecule has 0 atom stereocenters. The van der Waals surface area contributed by atoms with Crippen LogP contribution in [0.3, 0.4) is 0 Å². The highest BCUT2D eigenvalue weighted by atomic mass is 35.5. The normalized spacial score (nSPS) is 14.2. The van der Waals surface area contributed by atoms with Crippen LogP contribution in [0.1, 0.15) is 42.5 Å². The van der Waals surface area contributed by atoms with Crippen molar-refractivity contribution in [3.8, 4) is 11.6 Å². The average molecular weight is 633 g/mol. The Labute approximate surface area is 265 Å². The predicted octanol–water partition coefficient (Wildman–Crippen LogP) is 5.74. The fourth-order valence-electron chi connectivity index (χ4n) is 5.63. The number of hydrogen-bond acceptors (Lipinski definition) is 7. The van der Waals surface area contributed by atoms with E-state index in [1.165, 1.54) is 12.1 Å². The van der Waals surface area contributed by atoms with Gasteiger partial charge in [-0.05, 0) is 61.7 Å². The quantitative estimate of drug-likeness (QED) is 0.186. The zero-order valence-electron chi connectivity index (χ0n) is 24.9. The number of aryl methyl sites for hydroxylation is 1. The number of rotatable bonds is 12. The molecule has 0 bridgehead atoms. The summed E-state index contributed by atoms with van der Waals surface area (Å²) in [6, 6.07) is 15.5. The Hall–Kier alpha value is -4.48. The lowest BCUT2D eigenvalue weighted by molar-refractivity contribution is -0.136. The summed E-state index contributed by atoms with van der Waals surface area (Å²) >= 11 is 5.82. The summed E-state index contributed by atoms with van der Waals surface area (Å²) in [4.78, 5) is 27.6. The summed E-state index contributed by atoms with van der Waals surface area (Å²) in [5.74, 6) is 0.168. The molecule has 12 heteroatoms. The fraction of sp³-hybridized carbons (Fsp3) is 0.333. The number of imidazole rings is 2. The van der Waals surface area contributed by atoms with Crippen molar-refractivity contribution < 1.29 is 23.8 Å². The van der Waals surface area contributed by atoms with E-state index in [2.05, 4.69) is 30.9 Å². The number of fused-ring (bicyclic) bond motifs is 1. The highest BCUT2D eigenvalue weighted by Crippen LogP contribution is 2.25. The molecular weight excluding hydrogens is 599 g/mol. The van der Waals surface area contributed by atoms with Gasteiger partial charge >= 0.3 is 5.97 Å². The number of hydrogen-bond donors (Lipinski definition) is 1. The molecule has 6 rings (SSSR count). The van der Waals surface area contributed by atoms with Crippen LogP contribution in [0.5, 0.6) is 11.6 Å². The van der Waals surface area contributed by atoms with Gasteiger partial charge in [-0.15, -0.1) is 0 Å². The van der Waals surface area contributed by atoms with Crippen LogP contribution in [0, 0.1) is 5.82 Å². The Morgan fingerprint density at radius 3 is 2.71 bits per heavy atom. The van der Waals surface area contributed by atoms with Crippen LogP contribution in [-0.2, 0) is 37.5 Å². The molecule has 3 aromatic heterocycles. The van der Waals surface area contributed by atoms with Gasteiger partial charge in [-0.2, -0.15) is 0 Å². The van der Waals surface area contributed by atoms with Crippen molar-refractivity contribution >= 4 is 28.6 Å². The second kappa shape index (κ2) is 13.7. The van der Waals surface area contributed by atoms with Crippen LogP contribution in [0.25, 0.3) is 11.0 Å². The van der Waals surface area contributed by atoms with Gasteiger partial charge in [0, 0.05) is 36.9 Å². The number of carboxylic acids is 1. The molecule has 5 aromatic rings. The number of aliphatic carboxylic acids is 1. The number of aromatic nitrogens is 5. The van der Waals surface area contributed by atoms with Gasteiger partial charge < -0.3 is 23.7 Å². The van der Waals surface area contributed by atoms with Crippen LogP contribution in [-0.4, -0.2) is 59.3 Å². The van der Waals surface area contributed by atoms with Crippen molar-refractivity contribution in [1.82, 2.24) is 29.0 Å². The maximum atomic E-state index is 14.1. The summed E-state index contributed by atoms with van der Waals surface area (Å²) in [7, 11) is 0. The van der Waals surface area contributed by atoms with E-state index in [4.69, 9.17) is 26.1 Å². The Bertz CT molecular complexity index is 1800. The standard InChI is InChI=1S/C33H34ClFN6O4/c1-2-40-21-36-17-25(40)18-41-29-14-22(15-33(42)43)6-8-28(29)38-31(41)19-39-12-10-26(11-13-39)45-32-5-3-4-24(37-32)20-44-30-9-7-23(34)16-27(30)35/h3-9,14,16-17,21,26H,2,10-13,15,18-20H2,1H3,(H,42,43). The minimum atomic E-state index is -0.863. The predicted molar refractivity (Wildman–Crippen MR) is 167 cm³/mol. The number of likely N-dealkylation sites (tertiary alicyclic amines) is 1. The van der Waals surface area contributed by atoms with Crippen LogP contribution in [0.15, 0.2) is 67.1 Å². The summed E-state index contributed by atoms with van der Waals surface area (Å²) < 4.78 is 30.2. The number of nitrogens with zero attached hydrogens (tertiary/aromatic N) is 6. The van der Waals surface area contributed by atoms with Gasteiger partial charge in [-0.3, -0.25) is 9.69 Å². The van der Waals surface area contributed by atoms with E-state index in [0.29, 0.717) is 29.7 Å². The molecule has 0 aliphatic carbocycles. The molecule has 0 unspecified atom stereocenters. The lowest BCUT2D eigenvalue weighted by Crippen LogP contribution is -2.38. The van der Waals surface area contributed by atoms with E-state index < -0.39 is 11.8 Å². The topological polar surface area (TPSA) is 108 Å². The van der Waals surface area contributed by atoms with Crippen molar-refractivity contribution in [2.24, 2.45) is 0 Å². The summed E-state index contributed by atoms with van der Waals surface area (Å²) in [6.45, 7) is 5.88. The maximum Gasteiger partial charge on any atom is 0.307 e. The molecular formula is C33H34ClFN6O4. The van der Waals surface area contributed by atoms with Gasteiger partial charge in [-0.1, -0.05) is 23.7 Å². The van der Waals surface area contributed by atoms with Gasteiger partial charge in [0.15, 0.2) is 11.6 Å². The maximum absolute atomic E-state index is 14.1. The summed E-state index contributed by atoms with van der Waals surface area (Å²) in [6.07, 6.45) is 5.31. The van der Waals surface area contributed by atoms with Crippen LogP contribution < -0.4 is 9.47 Å². The summed E-state index contributed by atoms with van der Waals surface area (Å²) in [5, 5.41) is 9.65. The molecule has 1 saturated heterocycles. The second-order valence-corrected chi connectivity index (χ2v) is 11.5. The van der Waals surface area contributed by atoms with E-state index in [-0.39, 0.29) is 24.9 Å². The third-order valence-corrected chi connectivity index (χ3v) is 8.18. The molecule has 45 heavy (non-hydrogen) atoms. The minimum absolute atomic E-state index is 0.00919. The third-order valence-electron chi connectivity index (χ3n) is 7.94. The molecule has 1 aliphatic heterocycles. The van der Waals surface area contributed by atoms with Crippen LogP contribution >= 0.6 is 11.6 Å². The molecule has 1 fully saturated rings. The molecule has 1 N–H and O–H groups in total. The first-order valence-corrected chi connectivity index (χ1v) is 15.3. The first kappa shape index (κ1) is 30.5. The Kier molecular flexibility index (Phi) is 9.27. The molecule has 234 valence electrons. The van der Waals surface area contributed by atoms with Crippen molar-refractivity contribution in [3.63, 3.8) is 0 Å². The van der Waals surface area contributed by atoms with Gasteiger partial charge in [0.25, 0.3) is 0 Å². The zero-order valence-corrected chi connectivity index (χ0v) is 25.7. The molecule has 2 aromatic carbocycles. The van der Waals surface area contributed by atoms with Crippen molar-refractivity contribution in [2.45, 2.75) is 58.5 Å². The Balaban J connectivity index is 1.10. The Morgan fingerprint density at radius 1 is 1.09 bits per heavy atom. The van der Waals surface area contributed by atoms with Crippen LogP contribution in [0.4, 0.5) is 4.39 Å². The lowest BCUT2D eigenvalue weighted by Gasteiger charge is -2.31. The Morgan fingerprint density at radius 2 is 1.93 bits per heavy atom. The molecule has 0 amide bonds. The zero-order chi connectivity index (χ0) is 31.3. The first-order chi connectivity index (χ1) is 21.8. The van der Waals surface area contributed by atoms with Crippen molar-refractivity contribution in [3.05, 3.63) is 101 Å². The van der Waals surface area contributed by atoms with Crippen LogP contribution in [0.2, 0.25) is 5.02 Å². The third kappa shape index (κ3) is 7.43. The van der Waals surface area contributed by atoms with Crippen molar-refractivity contribution in [1.29, 1.82) is 0 Å². The number of piperidine rings is 1. The molecule has 0 radical (unpaired) electrons. The van der Waals surface area contributed by atoms with E-state index >= 15 is 0 Å².